The van der Waals surface area contributed by atoms with Crippen LogP contribution in [0.4, 0.5) is 0 Å². The van der Waals surface area contributed by atoms with Crippen molar-refractivity contribution in [3.8, 4) is 11.5 Å². The van der Waals surface area contributed by atoms with E-state index < -0.39 is 11.3 Å². The molecule has 1 saturated heterocycles. The van der Waals surface area contributed by atoms with Crippen LogP contribution < -0.4 is 10.1 Å². The van der Waals surface area contributed by atoms with Crippen LogP contribution in [0.2, 0.25) is 0 Å². The van der Waals surface area contributed by atoms with Crippen molar-refractivity contribution in [2.75, 3.05) is 12.4 Å². The number of aromatic hydroxyl groups is 1. The molecule has 0 aromatic heterocycles. The topological polar surface area (TPSA) is 78.8 Å². The highest BCUT2D eigenvalue weighted by Crippen LogP contribution is 2.38. The molecule has 0 radical (unpaired) electrons. The van der Waals surface area contributed by atoms with Gasteiger partial charge in [-0.05, 0) is 13.0 Å². The second-order valence-electron chi connectivity index (χ2n) is 3.90. The van der Waals surface area contributed by atoms with Crippen LogP contribution in [0.1, 0.15) is 18.5 Å². The van der Waals surface area contributed by atoms with Crippen LogP contribution in [-0.4, -0.2) is 33.9 Å². The van der Waals surface area contributed by atoms with Gasteiger partial charge in [0.2, 0.25) is 0 Å². The highest BCUT2D eigenvalue weighted by atomic mass is 32.2. The van der Waals surface area contributed by atoms with Gasteiger partial charge in [0, 0.05) is 17.4 Å². The highest BCUT2D eigenvalue weighted by molar-refractivity contribution is 8.00. The summed E-state index contributed by atoms with van der Waals surface area (Å²) >= 11 is 1.32. The number of ether oxygens (including phenoxy) is 1. The Bertz CT molecular complexity index is 452. The third kappa shape index (κ3) is 2.54. The van der Waals surface area contributed by atoms with E-state index in [1.54, 1.807) is 18.2 Å². The predicted molar refractivity (Wildman–Crippen MR) is 69.0 cm³/mol. The van der Waals surface area contributed by atoms with E-state index >= 15 is 0 Å². The van der Waals surface area contributed by atoms with Gasteiger partial charge < -0.3 is 14.9 Å². The number of hydrogen-bond acceptors (Lipinski definition) is 5. The maximum Gasteiger partial charge on any atom is 0.331 e. The Morgan fingerprint density at radius 1 is 1.61 bits per heavy atom. The number of para-hydroxylation sites is 1. The average Bonchev–Trinajstić information content (AvgIpc) is 2.81. The Kier molecular flexibility index (Phi) is 3.98. The van der Waals surface area contributed by atoms with Crippen molar-refractivity contribution in [1.82, 2.24) is 5.32 Å². The molecule has 0 aliphatic carbocycles. The van der Waals surface area contributed by atoms with Gasteiger partial charge >= 0.3 is 5.97 Å². The van der Waals surface area contributed by atoms with Gasteiger partial charge in [-0.2, -0.15) is 0 Å². The Labute approximate surface area is 109 Å². The summed E-state index contributed by atoms with van der Waals surface area (Å²) in [4.78, 5) is 10.9. The first kappa shape index (κ1) is 13.0. The molecule has 0 unspecified atom stereocenters. The minimum absolute atomic E-state index is 0.0866. The zero-order chi connectivity index (χ0) is 13.1. The zero-order valence-electron chi connectivity index (χ0n) is 9.92. The van der Waals surface area contributed by atoms with E-state index in [-0.39, 0.29) is 11.8 Å². The van der Waals surface area contributed by atoms with Crippen molar-refractivity contribution >= 4 is 17.7 Å². The fourth-order valence-corrected chi connectivity index (χ4v) is 2.95. The second-order valence-corrected chi connectivity index (χ2v) is 5.04. The third-order valence-corrected chi connectivity index (χ3v) is 3.91. The van der Waals surface area contributed by atoms with E-state index in [0.29, 0.717) is 23.7 Å². The van der Waals surface area contributed by atoms with Crippen LogP contribution in [0.25, 0.3) is 0 Å². The van der Waals surface area contributed by atoms with Gasteiger partial charge in [-0.25, -0.2) is 4.79 Å². The molecule has 98 valence electrons. The molecule has 1 fully saturated rings. The molecule has 1 aliphatic heterocycles. The number of rotatable bonds is 4. The Balaban J connectivity index is 2.19. The number of hydrogen-bond donors (Lipinski definition) is 3. The van der Waals surface area contributed by atoms with Crippen molar-refractivity contribution in [1.29, 1.82) is 0 Å². The van der Waals surface area contributed by atoms with Crippen molar-refractivity contribution in [3.05, 3.63) is 23.8 Å². The quantitative estimate of drug-likeness (QED) is 0.770. The summed E-state index contributed by atoms with van der Waals surface area (Å²) in [6.45, 7) is 2.32. The monoisotopic (exact) mass is 269 g/mol. The van der Waals surface area contributed by atoms with Gasteiger partial charge in [0.15, 0.2) is 16.9 Å². The summed E-state index contributed by atoms with van der Waals surface area (Å²) in [6.07, 6.45) is 0. The number of nitrogens with one attached hydrogen (secondary N) is 1. The number of carboxylic acids is 1. The molecule has 1 aromatic carbocycles. The van der Waals surface area contributed by atoms with Crippen LogP contribution in [-0.2, 0) is 4.79 Å². The zero-order valence-corrected chi connectivity index (χ0v) is 10.7. The first-order valence-corrected chi connectivity index (χ1v) is 6.73. The number of carbonyl (C=O) groups is 1. The Morgan fingerprint density at radius 3 is 3.00 bits per heavy atom. The maximum atomic E-state index is 10.9. The lowest BCUT2D eigenvalue weighted by Crippen LogP contribution is -2.30. The summed E-state index contributed by atoms with van der Waals surface area (Å²) in [7, 11) is 0. The molecule has 0 spiro atoms. The Morgan fingerprint density at radius 2 is 2.39 bits per heavy atom. The third-order valence-electron chi connectivity index (χ3n) is 2.71. The minimum atomic E-state index is -0.886. The van der Waals surface area contributed by atoms with E-state index in [9.17, 15) is 9.90 Å². The molecule has 0 saturated carbocycles. The molecule has 0 amide bonds. The number of phenolic OH excluding ortho intramolecular Hbond substituents is 1. The van der Waals surface area contributed by atoms with Crippen molar-refractivity contribution < 1.29 is 19.7 Å². The van der Waals surface area contributed by atoms with Gasteiger partial charge in [-0.1, -0.05) is 12.1 Å². The number of thioether (sulfide) groups is 1. The van der Waals surface area contributed by atoms with Gasteiger partial charge in [0.05, 0.1) is 6.61 Å². The minimum Gasteiger partial charge on any atom is -0.504 e. The molecular formula is C12H15NO4S. The molecule has 1 heterocycles. The number of benzene rings is 1. The molecule has 1 aromatic rings. The molecular weight excluding hydrogens is 254 g/mol. The van der Waals surface area contributed by atoms with E-state index in [2.05, 4.69) is 5.32 Å². The Hall–Kier alpha value is -1.40. The van der Waals surface area contributed by atoms with Gasteiger partial charge in [0.1, 0.15) is 0 Å². The van der Waals surface area contributed by atoms with E-state index in [1.807, 2.05) is 6.92 Å². The molecule has 5 nitrogen and oxygen atoms in total. The lowest BCUT2D eigenvalue weighted by atomic mass is 10.1. The van der Waals surface area contributed by atoms with Crippen LogP contribution >= 0.6 is 11.8 Å². The summed E-state index contributed by atoms with van der Waals surface area (Å²) in [6, 6.07) is 5.09. The van der Waals surface area contributed by atoms with Crippen LogP contribution in [0, 0.1) is 0 Å². The van der Waals surface area contributed by atoms with Gasteiger partial charge in [0.25, 0.3) is 0 Å². The van der Waals surface area contributed by atoms with Crippen molar-refractivity contribution in [2.45, 2.75) is 18.3 Å². The number of aliphatic carboxylic acids is 1. The molecule has 18 heavy (non-hydrogen) atoms. The molecule has 2 atom stereocenters. The second kappa shape index (κ2) is 5.49. The average molecular weight is 269 g/mol. The predicted octanol–water partition coefficient (Wildman–Crippen LogP) is 1.58. The molecule has 3 N–H and O–H groups in total. The van der Waals surface area contributed by atoms with Crippen LogP contribution in [0.3, 0.4) is 0 Å². The smallest absolute Gasteiger partial charge is 0.331 e. The fourth-order valence-electron chi connectivity index (χ4n) is 1.89. The molecule has 2 rings (SSSR count). The van der Waals surface area contributed by atoms with E-state index in [1.165, 1.54) is 11.8 Å². The SMILES string of the molecule is CCOc1cccc([C@H]2CS[C@@H](C(=O)O)N2)c1O. The summed E-state index contributed by atoms with van der Waals surface area (Å²) in [5, 5.41) is 21.3. The lowest BCUT2D eigenvalue weighted by Gasteiger charge is -2.15. The van der Waals surface area contributed by atoms with Crippen molar-refractivity contribution in [2.24, 2.45) is 0 Å². The fraction of sp³-hybridized carbons (Fsp3) is 0.417. The maximum absolute atomic E-state index is 10.9. The molecule has 1 aliphatic rings. The summed E-state index contributed by atoms with van der Waals surface area (Å²) in [5.41, 5.74) is 0.678. The van der Waals surface area contributed by atoms with Gasteiger partial charge in [-0.15, -0.1) is 11.8 Å². The van der Waals surface area contributed by atoms with Crippen LogP contribution in [0.15, 0.2) is 18.2 Å². The number of carboxylic acid groups (broad SMARTS) is 1. The van der Waals surface area contributed by atoms with Crippen molar-refractivity contribution in [3.63, 3.8) is 0 Å². The normalized spacial score (nSPS) is 22.9. The van der Waals surface area contributed by atoms with E-state index in [0.717, 1.165) is 0 Å². The van der Waals surface area contributed by atoms with Crippen LogP contribution in [0.5, 0.6) is 11.5 Å². The van der Waals surface area contributed by atoms with Gasteiger partial charge in [-0.3, -0.25) is 5.32 Å². The highest BCUT2D eigenvalue weighted by Gasteiger charge is 2.32. The van der Waals surface area contributed by atoms with E-state index in [4.69, 9.17) is 9.84 Å². The first-order valence-electron chi connectivity index (χ1n) is 5.68. The standard InChI is InChI=1S/C12H15NO4S/c1-2-17-9-5-3-4-7(10(9)14)8-6-18-11(13-8)12(15)16/h3-5,8,11,13-14H,2,6H2,1H3,(H,15,16)/t8-,11+/m1/s1. The number of phenols is 1. The molecule has 6 heteroatoms. The molecule has 0 bridgehead atoms. The first-order chi connectivity index (χ1) is 8.63. The largest absolute Gasteiger partial charge is 0.504 e. The summed E-state index contributed by atoms with van der Waals surface area (Å²) in [5.74, 6) is 0.243. The lowest BCUT2D eigenvalue weighted by molar-refractivity contribution is -0.137. The summed E-state index contributed by atoms with van der Waals surface area (Å²) < 4.78 is 5.31.